The summed E-state index contributed by atoms with van der Waals surface area (Å²) in [5.41, 5.74) is 0. The molecule has 2 aliphatic rings. The van der Waals surface area contributed by atoms with Crippen LogP contribution in [-0.4, -0.2) is 61.0 Å². The Bertz CT molecular complexity index is 304. The second kappa shape index (κ2) is 6.71. The molecule has 0 aromatic carbocycles. The molecule has 0 bridgehead atoms. The van der Waals surface area contributed by atoms with Crippen molar-refractivity contribution in [2.45, 2.75) is 51.6 Å². The van der Waals surface area contributed by atoms with E-state index in [0.717, 1.165) is 19.6 Å². The lowest BCUT2D eigenvalue weighted by molar-refractivity contribution is -0.132. The zero-order chi connectivity index (χ0) is 13.8. The molecule has 2 fully saturated rings. The normalized spacial score (nSPS) is 26.2. The van der Waals surface area contributed by atoms with Crippen LogP contribution in [0.5, 0.6) is 0 Å². The molecule has 1 aliphatic heterocycles. The van der Waals surface area contributed by atoms with Crippen LogP contribution in [0.15, 0.2) is 0 Å². The van der Waals surface area contributed by atoms with Gasteiger partial charge < -0.3 is 10.2 Å². The fraction of sp³-hybridized carbons (Fsp3) is 0.933. The predicted molar refractivity (Wildman–Crippen MR) is 78.1 cm³/mol. The summed E-state index contributed by atoms with van der Waals surface area (Å²) in [6.07, 6.45) is 4.91. The second-order valence-electron chi connectivity index (χ2n) is 6.22. The highest BCUT2D eigenvalue weighted by Gasteiger charge is 2.31. The van der Waals surface area contributed by atoms with Gasteiger partial charge in [0.1, 0.15) is 0 Å². The van der Waals surface area contributed by atoms with Gasteiger partial charge in [-0.3, -0.25) is 9.69 Å². The number of rotatable bonds is 6. The third kappa shape index (κ3) is 4.18. The first-order valence-corrected chi connectivity index (χ1v) is 7.83. The summed E-state index contributed by atoms with van der Waals surface area (Å²) in [7, 11) is 1.96. The average molecular weight is 267 g/mol. The first-order valence-electron chi connectivity index (χ1n) is 7.83. The molecule has 1 heterocycles. The number of nitrogens with zero attached hydrogens (tertiary/aromatic N) is 2. The number of hydrogen-bond donors (Lipinski definition) is 1. The van der Waals surface area contributed by atoms with Crippen molar-refractivity contribution in [2.24, 2.45) is 5.92 Å². The van der Waals surface area contributed by atoms with Crippen molar-refractivity contribution >= 4 is 5.91 Å². The van der Waals surface area contributed by atoms with Gasteiger partial charge in [-0.05, 0) is 51.6 Å². The third-order valence-electron chi connectivity index (χ3n) is 4.62. The molecular formula is C15H29N3O. The molecule has 2 atom stereocenters. The predicted octanol–water partition coefficient (Wildman–Crippen LogP) is 1.32. The topological polar surface area (TPSA) is 35.6 Å². The van der Waals surface area contributed by atoms with Gasteiger partial charge in [0, 0.05) is 25.7 Å². The standard InChI is InChI=1S/C15H29N3O/c1-4-16-12(2)13-6-5-9-18(10-13)11-15(19)17(3)14-7-8-14/h12-14,16H,4-11H2,1-3H3. The summed E-state index contributed by atoms with van der Waals surface area (Å²) in [4.78, 5) is 16.5. The summed E-state index contributed by atoms with van der Waals surface area (Å²) in [6, 6.07) is 1.10. The van der Waals surface area contributed by atoms with Gasteiger partial charge in [-0.1, -0.05) is 6.92 Å². The van der Waals surface area contributed by atoms with Crippen molar-refractivity contribution in [3.63, 3.8) is 0 Å². The molecule has 4 heteroatoms. The van der Waals surface area contributed by atoms with Crippen LogP contribution in [0.25, 0.3) is 0 Å². The van der Waals surface area contributed by atoms with Gasteiger partial charge in [-0.25, -0.2) is 0 Å². The van der Waals surface area contributed by atoms with Crippen molar-refractivity contribution in [3.8, 4) is 0 Å². The molecule has 4 nitrogen and oxygen atoms in total. The van der Waals surface area contributed by atoms with E-state index in [0.29, 0.717) is 30.5 Å². The van der Waals surface area contributed by atoms with Crippen LogP contribution in [0.1, 0.15) is 39.5 Å². The highest BCUT2D eigenvalue weighted by molar-refractivity contribution is 5.78. The quantitative estimate of drug-likeness (QED) is 0.788. The number of piperidine rings is 1. The van der Waals surface area contributed by atoms with E-state index in [2.05, 4.69) is 24.1 Å². The summed E-state index contributed by atoms with van der Waals surface area (Å²) in [5, 5.41) is 3.52. The Kier molecular flexibility index (Phi) is 5.22. The fourth-order valence-corrected chi connectivity index (χ4v) is 3.10. The van der Waals surface area contributed by atoms with Gasteiger partial charge in [0.25, 0.3) is 0 Å². The van der Waals surface area contributed by atoms with Crippen LogP contribution in [0.4, 0.5) is 0 Å². The molecule has 1 aliphatic carbocycles. The maximum absolute atomic E-state index is 12.2. The van der Waals surface area contributed by atoms with E-state index in [-0.39, 0.29) is 0 Å². The molecule has 19 heavy (non-hydrogen) atoms. The van der Waals surface area contributed by atoms with Crippen LogP contribution in [0.2, 0.25) is 0 Å². The zero-order valence-corrected chi connectivity index (χ0v) is 12.7. The molecule has 1 saturated heterocycles. The van der Waals surface area contributed by atoms with Crippen LogP contribution in [0, 0.1) is 5.92 Å². The van der Waals surface area contributed by atoms with E-state index in [1.807, 2.05) is 11.9 Å². The summed E-state index contributed by atoms with van der Waals surface area (Å²) < 4.78 is 0. The smallest absolute Gasteiger partial charge is 0.236 e. The number of carbonyl (C=O) groups is 1. The molecule has 0 radical (unpaired) electrons. The lowest BCUT2D eigenvalue weighted by atomic mass is 9.91. The molecule has 2 rings (SSSR count). The average Bonchev–Trinajstić information content (AvgIpc) is 3.22. The van der Waals surface area contributed by atoms with Gasteiger partial charge >= 0.3 is 0 Å². The van der Waals surface area contributed by atoms with Gasteiger partial charge in [0.15, 0.2) is 0 Å². The number of hydrogen-bond acceptors (Lipinski definition) is 3. The third-order valence-corrected chi connectivity index (χ3v) is 4.62. The van der Waals surface area contributed by atoms with E-state index in [1.165, 1.54) is 25.7 Å². The monoisotopic (exact) mass is 267 g/mol. The maximum atomic E-state index is 12.2. The number of likely N-dealkylation sites (N-methyl/N-ethyl adjacent to an activating group) is 1. The Hall–Kier alpha value is -0.610. The van der Waals surface area contributed by atoms with E-state index in [9.17, 15) is 4.79 Å². The lowest BCUT2D eigenvalue weighted by Gasteiger charge is -2.36. The van der Waals surface area contributed by atoms with Crippen molar-refractivity contribution in [1.29, 1.82) is 0 Å². The molecule has 0 aromatic heterocycles. The van der Waals surface area contributed by atoms with E-state index >= 15 is 0 Å². The van der Waals surface area contributed by atoms with Gasteiger partial charge in [0.2, 0.25) is 5.91 Å². The van der Waals surface area contributed by atoms with E-state index < -0.39 is 0 Å². The molecule has 0 aromatic rings. The highest BCUT2D eigenvalue weighted by Crippen LogP contribution is 2.26. The van der Waals surface area contributed by atoms with Crippen LogP contribution in [-0.2, 0) is 4.79 Å². The first-order chi connectivity index (χ1) is 9.11. The first kappa shape index (κ1) is 14.8. The molecule has 1 N–H and O–H groups in total. The number of amides is 1. The lowest BCUT2D eigenvalue weighted by Crippen LogP contribution is -2.48. The Morgan fingerprint density at radius 3 is 2.79 bits per heavy atom. The van der Waals surface area contributed by atoms with Crippen molar-refractivity contribution in [2.75, 3.05) is 33.2 Å². The molecule has 2 unspecified atom stereocenters. The molecule has 110 valence electrons. The summed E-state index contributed by atoms with van der Waals surface area (Å²) in [5.74, 6) is 0.993. The number of carbonyl (C=O) groups excluding carboxylic acids is 1. The molecule has 0 spiro atoms. The van der Waals surface area contributed by atoms with Gasteiger partial charge in [0.05, 0.1) is 6.54 Å². The number of likely N-dealkylation sites (tertiary alicyclic amines) is 1. The highest BCUT2D eigenvalue weighted by atomic mass is 16.2. The minimum atomic E-state index is 0.305. The van der Waals surface area contributed by atoms with Crippen molar-refractivity contribution in [1.82, 2.24) is 15.1 Å². The van der Waals surface area contributed by atoms with Crippen molar-refractivity contribution < 1.29 is 4.79 Å². The van der Waals surface area contributed by atoms with Crippen LogP contribution < -0.4 is 5.32 Å². The Morgan fingerprint density at radius 1 is 1.42 bits per heavy atom. The molecule has 1 saturated carbocycles. The molecule has 1 amide bonds. The summed E-state index contributed by atoms with van der Waals surface area (Å²) in [6.45, 7) is 8.22. The van der Waals surface area contributed by atoms with Gasteiger partial charge in [-0.2, -0.15) is 0 Å². The Labute approximate surface area is 117 Å². The fourth-order valence-electron chi connectivity index (χ4n) is 3.10. The second-order valence-corrected chi connectivity index (χ2v) is 6.22. The Morgan fingerprint density at radius 2 is 2.16 bits per heavy atom. The minimum Gasteiger partial charge on any atom is -0.342 e. The maximum Gasteiger partial charge on any atom is 0.236 e. The molecular weight excluding hydrogens is 238 g/mol. The summed E-state index contributed by atoms with van der Waals surface area (Å²) >= 11 is 0. The van der Waals surface area contributed by atoms with Gasteiger partial charge in [-0.15, -0.1) is 0 Å². The van der Waals surface area contributed by atoms with Crippen molar-refractivity contribution in [3.05, 3.63) is 0 Å². The SMILES string of the molecule is CCNC(C)C1CCCN(CC(=O)N(C)C2CC2)C1. The number of nitrogens with one attached hydrogen (secondary N) is 1. The largest absolute Gasteiger partial charge is 0.342 e. The van der Waals surface area contributed by atoms with Crippen LogP contribution >= 0.6 is 0 Å². The minimum absolute atomic E-state index is 0.305. The van der Waals surface area contributed by atoms with Crippen LogP contribution in [0.3, 0.4) is 0 Å². The zero-order valence-electron chi connectivity index (χ0n) is 12.7. The Balaban J connectivity index is 1.78. The van der Waals surface area contributed by atoms with E-state index in [4.69, 9.17) is 0 Å². The van der Waals surface area contributed by atoms with E-state index in [1.54, 1.807) is 0 Å².